The quantitative estimate of drug-likeness (QED) is 0.519. The van der Waals surface area contributed by atoms with Crippen molar-refractivity contribution in [2.75, 3.05) is 7.11 Å². The molecule has 1 aliphatic rings. The Morgan fingerprint density at radius 2 is 1.68 bits per heavy atom. The topological polar surface area (TPSA) is 31.4 Å². The predicted octanol–water partition coefficient (Wildman–Crippen LogP) is 5.86. The molecule has 4 rings (SSSR count). The normalized spacial score (nSPS) is 14.2. The van der Waals surface area contributed by atoms with Gasteiger partial charge in [-0.25, -0.2) is 0 Å². The van der Waals surface area contributed by atoms with Gasteiger partial charge in [0, 0.05) is 12.4 Å². The summed E-state index contributed by atoms with van der Waals surface area (Å²) in [6, 6.07) is 19.1. The van der Waals surface area contributed by atoms with Crippen LogP contribution in [0, 0.1) is 0 Å². The lowest BCUT2D eigenvalue weighted by atomic mass is 9.95. The average molecular weight is 373 g/mol. The number of rotatable bonds is 7. The molecule has 0 bridgehead atoms. The van der Waals surface area contributed by atoms with Crippen LogP contribution in [-0.2, 0) is 12.8 Å². The number of aromatic nitrogens is 1. The maximum Gasteiger partial charge on any atom is 0.161 e. The molecule has 0 amide bonds. The molecule has 0 spiro atoms. The van der Waals surface area contributed by atoms with Crippen LogP contribution in [-0.4, -0.2) is 18.2 Å². The fourth-order valence-electron chi connectivity index (χ4n) is 3.97. The van der Waals surface area contributed by atoms with Gasteiger partial charge in [-0.05, 0) is 85.0 Å². The van der Waals surface area contributed by atoms with Crippen molar-refractivity contribution >= 4 is 0 Å². The standard InChI is InChI=1S/C25H27NO2/c1-27-25-18-21(12-13-24(25)28-22-7-3-4-8-22)23-9-5-2-6-20(23)11-10-19-14-16-26-17-15-19/h2,5-6,9,12-18,22H,3-4,7-8,10-11H2,1H3. The third-order valence-corrected chi connectivity index (χ3v) is 5.52. The summed E-state index contributed by atoms with van der Waals surface area (Å²) in [7, 11) is 1.72. The first-order chi connectivity index (χ1) is 13.8. The lowest BCUT2D eigenvalue weighted by Crippen LogP contribution is -2.11. The van der Waals surface area contributed by atoms with Crippen molar-refractivity contribution in [1.29, 1.82) is 0 Å². The monoisotopic (exact) mass is 373 g/mol. The fourth-order valence-corrected chi connectivity index (χ4v) is 3.97. The van der Waals surface area contributed by atoms with Crippen LogP contribution >= 0.6 is 0 Å². The van der Waals surface area contributed by atoms with Gasteiger partial charge in [0.25, 0.3) is 0 Å². The van der Waals surface area contributed by atoms with Crippen LogP contribution in [0.2, 0.25) is 0 Å². The van der Waals surface area contributed by atoms with E-state index in [-0.39, 0.29) is 0 Å². The molecule has 3 aromatic rings. The Bertz CT molecular complexity index is 901. The van der Waals surface area contributed by atoms with Crippen LogP contribution in [0.3, 0.4) is 0 Å². The molecule has 144 valence electrons. The number of benzene rings is 2. The minimum atomic E-state index is 0.326. The van der Waals surface area contributed by atoms with E-state index < -0.39 is 0 Å². The molecular weight excluding hydrogens is 346 g/mol. The van der Waals surface area contributed by atoms with Gasteiger partial charge in [0.2, 0.25) is 0 Å². The van der Waals surface area contributed by atoms with Gasteiger partial charge in [-0.3, -0.25) is 4.98 Å². The van der Waals surface area contributed by atoms with E-state index in [1.54, 1.807) is 7.11 Å². The van der Waals surface area contributed by atoms with Crippen LogP contribution < -0.4 is 9.47 Å². The highest BCUT2D eigenvalue weighted by atomic mass is 16.5. The van der Waals surface area contributed by atoms with Gasteiger partial charge in [-0.15, -0.1) is 0 Å². The fraction of sp³-hybridized carbons (Fsp3) is 0.320. The summed E-state index contributed by atoms with van der Waals surface area (Å²) in [6.07, 6.45) is 10.8. The van der Waals surface area contributed by atoms with Crippen molar-refractivity contribution in [3.8, 4) is 22.6 Å². The van der Waals surface area contributed by atoms with Crippen LogP contribution in [0.1, 0.15) is 36.8 Å². The maximum absolute atomic E-state index is 6.19. The molecule has 2 aromatic carbocycles. The second-order valence-corrected chi connectivity index (χ2v) is 7.40. The van der Waals surface area contributed by atoms with E-state index in [1.807, 2.05) is 12.4 Å². The molecule has 1 heterocycles. The second kappa shape index (κ2) is 8.92. The van der Waals surface area contributed by atoms with Crippen molar-refractivity contribution in [1.82, 2.24) is 4.98 Å². The Kier molecular flexibility index (Phi) is 5.91. The zero-order valence-electron chi connectivity index (χ0n) is 16.4. The van der Waals surface area contributed by atoms with Crippen molar-refractivity contribution in [2.24, 2.45) is 0 Å². The minimum Gasteiger partial charge on any atom is -0.493 e. The molecule has 1 saturated carbocycles. The van der Waals surface area contributed by atoms with Crippen molar-refractivity contribution in [3.63, 3.8) is 0 Å². The molecule has 1 aliphatic carbocycles. The zero-order valence-corrected chi connectivity index (χ0v) is 16.4. The number of aryl methyl sites for hydroxylation is 2. The Balaban J connectivity index is 1.56. The minimum absolute atomic E-state index is 0.326. The van der Waals surface area contributed by atoms with Gasteiger partial charge in [0.15, 0.2) is 11.5 Å². The highest BCUT2D eigenvalue weighted by Gasteiger charge is 2.19. The van der Waals surface area contributed by atoms with Crippen molar-refractivity contribution < 1.29 is 9.47 Å². The Morgan fingerprint density at radius 3 is 2.46 bits per heavy atom. The lowest BCUT2D eigenvalue weighted by molar-refractivity contribution is 0.201. The maximum atomic E-state index is 6.19. The van der Waals surface area contributed by atoms with Crippen LogP contribution in [0.4, 0.5) is 0 Å². The molecule has 28 heavy (non-hydrogen) atoms. The molecule has 1 aromatic heterocycles. The van der Waals surface area contributed by atoms with Crippen molar-refractivity contribution in [2.45, 2.75) is 44.6 Å². The van der Waals surface area contributed by atoms with Crippen molar-refractivity contribution in [3.05, 3.63) is 78.1 Å². The third kappa shape index (κ3) is 4.36. The van der Waals surface area contributed by atoms with E-state index in [2.05, 4.69) is 59.6 Å². The zero-order chi connectivity index (χ0) is 19.2. The van der Waals surface area contributed by atoms with Gasteiger partial charge < -0.3 is 9.47 Å². The second-order valence-electron chi connectivity index (χ2n) is 7.40. The third-order valence-electron chi connectivity index (χ3n) is 5.52. The molecule has 0 radical (unpaired) electrons. The predicted molar refractivity (Wildman–Crippen MR) is 113 cm³/mol. The lowest BCUT2D eigenvalue weighted by Gasteiger charge is -2.17. The van der Waals surface area contributed by atoms with Gasteiger partial charge in [-0.1, -0.05) is 30.3 Å². The smallest absolute Gasteiger partial charge is 0.161 e. The molecule has 0 atom stereocenters. The summed E-state index contributed by atoms with van der Waals surface area (Å²) in [4.78, 5) is 4.10. The first kappa shape index (κ1) is 18.5. The number of methoxy groups -OCH3 is 1. The van der Waals surface area contributed by atoms with Gasteiger partial charge >= 0.3 is 0 Å². The molecule has 0 N–H and O–H groups in total. The Labute approximate surface area is 167 Å². The van der Waals surface area contributed by atoms with Crippen LogP contribution in [0.15, 0.2) is 67.0 Å². The highest BCUT2D eigenvalue weighted by Crippen LogP contribution is 2.36. The summed E-state index contributed by atoms with van der Waals surface area (Å²) in [5.41, 5.74) is 5.07. The molecule has 0 unspecified atom stereocenters. The van der Waals surface area contributed by atoms with Crippen LogP contribution in [0.5, 0.6) is 11.5 Å². The Hall–Kier alpha value is -2.81. The molecule has 3 heteroatoms. The van der Waals surface area contributed by atoms with E-state index in [9.17, 15) is 0 Å². The SMILES string of the molecule is COc1cc(-c2ccccc2CCc2ccncc2)ccc1OC1CCCC1. The molecule has 3 nitrogen and oxygen atoms in total. The van der Waals surface area contributed by atoms with E-state index >= 15 is 0 Å². The van der Waals surface area contributed by atoms with Crippen LogP contribution in [0.25, 0.3) is 11.1 Å². The molecule has 1 fully saturated rings. The summed E-state index contributed by atoms with van der Waals surface area (Å²) >= 11 is 0. The molecule has 0 aliphatic heterocycles. The number of hydrogen-bond acceptors (Lipinski definition) is 3. The number of ether oxygens (including phenoxy) is 2. The first-order valence-electron chi connectivity index (χ1n) is 10.2. The Morgan fingerprint density at radius 1 is 0.893 bits per heavy atom. The number of nitrogens with zero attached hydrogens (tertiary/aromatic N) is 1. The summed E-state index contributed by atoms with van der Waals surface area (Å²) < 4.78 is 11.8. The van der Waals surface area contributed by atoms with Gasteiger partial charge in [0.1, 0.15) is 0 Å². The van der Waals surface area contributed by atoms with E-state index in [0.717, 1.165) is 37.2 Å². The summed E-state index contributed by atoms with van der Waals surface area (Å²) in [6.45, 7) is 0. The van der Waals surface area contributed by atoms with Gasteiger partial charge in [0.05, 0.1) is 13.2 Å². The average Bonchev–Trinajstić information content (AvgIpc) is 3.27. The van der Waals surface area contributed by atoms with E-state index in [1.165, 1.54) is 35.1 Å². The number of hydrogen-bond donors (Lipinski definition) is 0. The first-order valence-corrected chi connectivity index (χ1v) is 10.2. The largest absolute Gasteiger partial charge is 0.493 e. The number of pyridine rings is 1. The summed E-state index contributed by atoms with van der Waals surface area (Å²) in [5.74, 6) is 1.67. The highest BCUT2D eigenvalue weighted by molar-refractivity contribution is 5.70. The summed E-state index contributed by atoms with van der Waals surface area (Å²) in [5, 5.41) is 0. The molecule has 0 saturated heterocycles. The molecular formula is C25H27NO2. The van der Waals surface area contributed by atoms with Gasteiger partial charge in [-0.2, -0.15) is 0 Å². The van der Waals surface area contributed by atoms with E-state index in [4.69, 9.17) is 9.47 Å². The van der Waals surface area contributed by atoms with E-state index in [0.29, 0.717) is 6.10 Å².